The van der Waals surface area contributed by atoms with Gasteiger partial charge in [-0.2, -0.15) is 0 Å². The van der Waals surface area contributed by atoms with E-state index in [1.807, 2.05) is 12.1 Å². The van der Waals surface area contributed by atoms with Gasteiger partial charge in [0, 0.05) is 12.6 Å². The second-order valence-electron chi connectivity index (χ2n) is 5.02. The summed E-state index contributed by atoms with van der Waals surface area (Å²) in [6.45, 7) is 5.10. The average Bonchev–Trinajstić information content (AvgIpc) is 2.42. The van der Waals surface area contributed by atoms with Gasteiger partial charge in [-0.25, -0.2) is 0 Å². The molecule has 0 aliphatic carbocycles. The van der Waals surface area contributed by atoms with E-state index in [4.69, 9.17) is 0 Å². The molecule has 0 bridgehead atoms. The molecule has 0 aliphatic rings. The first-order valence-electron chi connectivity index (χ1n) is 6.59. The first kappa shape index (κ1) is 13.6. The summed E-state index contributed by atoms with van der Waals surface area (Å²) in [5, 5.41) is 12.7. The lowest BCUT2D eigenvalue weighted by molar-refractivity contribution is 0.408. The first-order valence-corrected chi connectivity index (χ1v) is 6.59. The van der Waals surface area contributed by atoms with E-state index in [-0.39, 0.29) is 5.75 Å². The molecule has 0 fully saturated rings. The van der Waals surface area contributed by atoms with E-state index < -0.39 is 0 Å². The Bertz CT molecular complexity index is 494. The molecule has 1 unspecified atom stereocenters. The minimum absolute atomic E-state index is 0.201. The van der Waals surface area contributed by atoms with Crippen molar-refractivity contribution in [2.24, 2.45) is 5.92 Å². The topological polar surface area (TPSA) is 45.1 Å². The molecule has 19 heavy (non-hydrogen) atoms. The van der Waals surface area contributed by atoms with Crippen molar-refractivity contribution in [3.63, 3.8) is 0 Å². The lowest BCUT2D eigenvalue weighted by Gasteiger charge is -2.22. The van der Waals surface area contributed by atoms with E-state index in [0.29, 0.717) is 18.5 Å². The second kappa shape index (κ2) is 6.34. The van der Waals surface area contributed by atoms with Gasteiger partial charge in [0.1, 0.15) is 5.75 Å². The number of nitrogens with zero attached hydrogens (tertiary/aromatic N) is 1. The van der Waals surface area contributed by atoms with Crippen LogP contribution in [-0.4, -0.2) is 10.1 Å². The molecular formula is C16H20N2O. The predicted molar refractivity (Wildman–Crippen MR) is 76.8 cm³/mol. The molecule has 2 aromatic rings. The molecular weight excluding hydrogens is 236 g/mol. The number of nitrogens with one attached hydrogen (secondary N) is 1. The highest BCUT2D eigenvalue weighted by molar-refractivity contribution is 5.21. The van der Waals surface area contributed by atoms with Gasteiger partial charge in [-0.3, -0.25) is 4.98 Å². The number of benzene rings is 1. The van der Waals surface area contributed by atoms with E-state index in [1.165, 1.54) is 11.8 Å². The largest absolute Gasteiger partial charge is 0.506 e. The molecule has 100 valence electrons. The van der Waals surface area contributed by atoms with Crippen molar-refractivity contribution >= 4 is 0 Å². The van der Waals surface area contributed by atoms with Crippen LogP contribution in [0.4, 0.5) is 0 Å². The van der Waals surface area contributed by atoms with Gasteiger partial charge in [-0.05, 0) is 23.6 Å². The van der Waals surface area contributed by atoms with Crippen molar-refractivity contribution in [3.8, 4) is 5.75 Å². The van der Waals surface area contributed by atoms with Gasteiger partial charge in [0.2, 0.25) is 0 Å². The van der Waals surface area contributed by atoms with Crippen LogP contribution >= 0.6 is 0 Å². The maximum atomic E-state index is 9.22. The zero-order valence-electron chi connectivity index (χ0n) is 11.4. The smallest absolute Gasteiger partial charge is 0.133 e. The Labute approximate surface area is 114 Å². The maximum absolute atomic E-state index is 9.22. The van der Waals surface area contributed by atoms with Crippen LogP contribution in [-0.2, 0) is 6.54 Å². The summed E-state index contributed by atoms with van der Waals surface area (Å²) in [5.41, 5.74) is 2.22. The second-order valence-corrected chi connectivity index (χ2v) is 5.02. The molecule has 0 saturated carbocycles. The Morgan fingerprint density at radius 1 is 1.11 bits per heavy atom. The highest BCUT2D eigenvalue weighted by atomic mass is 16.3. The van der Waals surface area contributed by atoms with Crippen molar-refractivity contribution in [2.75, 3.05) is 0 Å². The SMILES string of the molecule is CC(C)C(NCc1ccc(O)cn1)c1ccccc1. The lowest BCUT2D eigenvalue weighted by atomic mass is 9.96. The minimum Gasteiger partial charge on any atom is -0.506 e. The molecule has 2 rings (SSSR count). The van der Waals surface area contributed by atoms with E-state index in [9.17, 15) is 5.11 Å². The number of hydrogen-bond donors (Lipinski definition) is 2. The van der Waals surface area contributed by atoms with Crippen LogP contribution in [0.15, 0.2) is 48.7 Å². The summed E-state index contributed by atoms with van der Waals surface area (Å²) in [6.07, 6.45) is 1.48. The first-order chi connectivity index (χ1) is 9.16. The number of aromatic hydroxyl groups is 1. The molecule has 0 amide bonds. The van der Waals surface area contributed by atoms with E-state index in [2.05, 4.69) is 48.4 Å². The molecule has 1 atom stereocenters. The predicted octanol–water partition coefficient (Wildman–Crippen LogP) is 3.27. The minimum atomic E-state index is 0.201. The summed E-state index contributed by atoms with van der Waals surface area (Å²) in [7, 11) is 0. The van der Waals surface area contributed by atoms with Crippen LogP contribution in [0.3, 0.4) is 0 Å². The summed E-state index contributed by atoms with van der Waals surface area (Å²) < 4.78 is 0. The van der Waals surface area contributed by atoms with Crippen LogP contribution in [0.1, 0.15) is 31.1 Å². The van der Waals surface area contributed by atoms with Gasteiger partial charge < -0.3 is 10.4 Å². The van der Waals surface area contributed by atoms with Gasteiger partial charge in [0.15, 0.2) is 0 Å². The van der Waals surface area contributed by atoms with E-state index in [1.54, 1.807) is 6.07 Å². The van der Waals surface area contributed by atoms with Gasteiger partial charge >= 0.3 is 0 Å². The Kier molecular flexibility index (Phi) is 4.53. The fourth-order valence-electron chi connectivity index (χ4n) is 2.13. The van der Waals surface area contributed by atoms with Gasteiger partial charge in [0.25, 0.3) is 0 Å². The third kappa shape index (κ3) is 3.80. The molecule has 3 heteroatoms. The number of pyridine rings is 1. The van der Waals surface area contributed by atoms with Crippen molar-refractivity contribution in [1.29, 1.82) is 0 Å². The van der Waals surface area contributed by atoms with E-state index in [0.717, 1.165) is 5.69 Å². The standard InChI is InChI=1S/C16H20N2O/c1-12(2)16(13-6-4-3-5-7-13)18-10-14-8-9-15(19)11-17-14/h3-9,11-12,16,18-19H,10H2,1-2H3. The van der Waals surface area contributed by atoms with Crippen molar-refractivity contribution in [3.05, 3.63) is 59.9 Å². The molecule has 3 nitrogen and oxygen atoms in total. The zero-order chi connectivity index (χ0) is 13.7. The van der Waals surface area contributed by atoms with Crippen molar-refractivity contribution < 1.29 is 5.11 Å². The third-order valence-corrected chi connectivity index (χ3v) is 3.14. The Morgan fingerprint density at radius 3 is 2.42 bits per heavy atom. The fraction of sp³-hybridized carbons (Fsp3) is 0.312. The summed E-state index contributed by atoms with van der Waals surface area (Å²) in [5.74, 6) is 0.701. The molecule has 0 spiro atoms. The molecule has 1 aromatic carbocycles. The summed E-state index contributed by atoms with van der Waals surface area (Å²) in [4.78, 5) is 4.19. The van der Waals surface area contributed by atoms with Crippen LogP contribution in [0, 0.1) is 5.92 Å². The lowest BCUT2D eigenvalue weighted by Crippen LogP contribution is -2.25. The fourth-order valence-corrected chi connectivity index (χ4v) is 2.13. The normalized spacial score (nSPS) is 12.6. The van der Waals surface area contributed by atoms with Crippen molar-refractivity contribution in [2.45, 2.75) is 26.4 Å². The monoisotopic (exact) mass is 256 g/mol. The van der Waals surface area contributed by atoms with Crippen LogP contribution in [0.2, 0.25) is 0 Å². The molecule has 0 aliphatic heterocycles. The number of hydrogen-bond acceptors (Lipinski definition) is 3. The van der Waals surface area contributed by atoms with Crippen LogP contribution in [0.25, 0.3) is 0 Å². The molecule has 0 saturated heterocycles. The number of aromatic nitrogens is 1. The molecule has 0 radical (unpaired) electrons. The van der Waals surface area contributed by atoms with Crippen molar-refractivity contribution in [1.82, 2.24) is 10.3 Å². The van der Waals surface area contributed by atoms with Crippen LogP contribution in [0.5, 0.6) is 5.75 Å². The Balaban J connectivity index is 2.04. The molecule has 2 N–H and O–H groups in total. The van der Waals surface area contributed by atoms with Gasteiger partial charge in [-0.15, -0.1) is 0 Å². The average molecular weight is 256 g/mol. The van der Waals surface area contributed by atoms with Crippen LogP contribution < -0.4 is 5.32 Å². The number of rotatable bonds is 5. The highest BCUT2D eigenvalue weighted by Crippen LogP contribution is 2.21. The van der Waals surface area contributed by atoms with Gasteiger partial charge in [0.05, 0.1) is 11.9 Å². The molecule has 1 aromatic heterocycles. The van der Waals surface area contributed by atoms with Gasteiger partial charge in [-0.1, -0.05) is 44.2 Å². The summed E-state index contributed by atoms with van der Waals surface area (Å²) in [6, 6.07) is 14.2. The Morgan fingerprint density at radius 2 is 1.84 bits per heavy atom. The highest BCUT2D eigenvalue weighted by Gasteiger charge is 2.14. The maximum Gasteiger partial charge on any atom is 0.133 e. The third-order valence-electron chi connectivity index (χ3n) is 3.14. The Hall–Kier alpha value is -1.87. The quantitative estimate of drug-likeness (QED) is 0.863. The zero-order valence-corrected chi connectivity index (χ0v) is 11.4. The van der Waals surface area contributed by atoms with E-state index >= 15 is 0 Å². The molecule has 1 heterocycles. The summed E-state index contributed by atoms with van der Waals surface area (Å²) >= 11 is 0.